The normalized spacial score (nSPS) is 18.9. The zero-order valence-corrected chi connectivity index (χ0v) is 10.2. The molecule has 0 aliphatic carbocycles. The molecule has 0 bridgehead atoms. The standard InChI is InChI=1S/C13H20N2O2/c1-17-12-4-2-3-11(9-12)13(10-16)15-7-5-14-6-8-15/h2-4,9,13-14,16H,5-8,10H2,1H3. The van der Waals surface area contributed by atoms with E-state index in [1.807, 2.05) is 24.3 Å². The van der Waals surface area contributed by atoms with Gasteiger partial charge in [-0.05, 0) is 17.7 Å². The van der Waals surface area contributed by atoms with E-state index in [0.29, 0.717) is 0 Å². The van der Waals surface area contributed by atoms with Crippen molar-refractivity contribution in [1.82, 2.24) is 10.2 Å². The molecule has 1 unspecified atom stereocenters. The average molecular weight is 236 g/mol. The van der Waals surface area contributed by atoms with Crippen LogP contribution in [-0.4, -0.2) is 49.9 Å². The molecule has 1 aromatic carbocycles. The molecule has 1 atom stereocenters. The predicted molar refractivity (Wildman–Crippen MR) is 67.3 cm³/mol. The molecule has 1 aliphatic rings. The molecule has 4 heteroatoms. The van der Waals surface area contributed by atoms with Crippen LogP contribution in [0.5, 0.6) is 5.75 Å². The summed E-state index contributed by atoms with van der Waals surface area (Å²) in [7, 11) is 1.66. The van der Waals surface area contributed by atoms with Gasteiger partial charge in [0.25, 0.3) is 0 Å². The van der Waals surface area contributed by atoms with Gasteiger partial charge in [0, 0.05) is 26.2 Å². The van der Waals surface area contributed by atoms with Gasteiger partial charge in [0.2, 0.25) is 0 Å². The van der Waals surface area contributed by atoms with Crippen LogP contribution in [0.4, 0.5) is 0 Å². The van der Waals surface area contributed by atoms with E-state index < -0.39 is 0 Å². The Morgan fingerprint density at radius 2 is 2.18 bits per heavy atom. The fraction of sp³-hybridized carbons (Fsp3) is 0.538. The Hall–Kier alpha value is -1.10. The van der Waals surface area contributed by atoms with Crippen molar-refractivity contribution in [2.75, 3.05) is 39.9 Å². The molecule has 4 nitrogen and oxygen atoms in total. The van der Waals surface area contributed by atoms with Gasteiger partial charge in [0.15, 0.2) is 0 Å². The van der Waals surface area contributed by atoms with E-state index in [1.165, 1.54) is 0 Å². The number of nitrogens with one attached hydrogen (secondary N) is 1. The van der Waals surface area contributed by atoms with E-state index in [4.69, 9.17) is 4.74 Å². The van der Waals surface area contributed by atoms with E-state index in [9.17, 15) is 5.11 Å². The van der Waals surface area contributed by atoms with Crippen molar-refractivity contribution in [3.05, 3.63) is 29.8 Å². The highest BCUT2D eigenvalue weighted by Gasteiger charge is 2.21. The van der Waals surface area contributed by atoms with E-state index in [1.54, 1.807) is 7.11 Å². The van der Waals surface area contributed by atoms with Crippen molar-refractivity contribution in [2.24, 2.45) is 0 Å². The maximum Gasteiger partial charge on any atom is 0.119 e. The molecule has 2 N–H and O–H groups in total. The summed E-state index contributed by atoms with van der Waals surface area (Å²) in [6, 6.07) is 8.02. The molecule has 1 saturated heterocycles. The highest BCUT2D eigenvalue weighted by Crippen LogP contribution is 2.24. The van der Waals surface area contributed by atoms with Crippen molar-refractivity contribution in [2.45, 2.75) is 6.04 Å². The molecule has 1 aromatic rings. The predicted octanol–water partition coefficient (Wildman–Crippen LogP) is 0.634. The molecular formula is C13H20N2O2. The number of benzene rings is 1. The van der Waals surface area contributed by atoms with Crippen LogP contribution in [0.3, 0.4) is 0 Å². The SMILES string of the molecule is COc1cccc(C(CO)N2CCNCC2)c1. The zero-order chi connectivity index (χ0) is 12.1. The van der Waals surface area contributed by atoms with Gasteiger partial charge >= 0.3 is 0 Å². The number of hydrogen-bond donors (Lipinski definition) is 2. The fourth-order valence-corrected chi connectivity index (χ4v) is 2.27. The van der Waals surface area contributed by atoms with Gasteiger partial charge in [-0.1, -0.05) is 12.1 Å². The third-order valence-corrected chi connectivity index (χ3v) is 3.24. The van der Waals surface area contributed by atoms with Gasteiger partial charge in [0.05, 0.1) is 19.8 Å². The summed E-state index contributed by atoms with van der Waals surface area (Å²) in [4.78, 5) is 2.31. The number of aliphatic hydroxyl groups excluding tert-OH is 1. The van der Waals surface area contributed by atoms with Crippen LogP contribution in [0.15, 0.2) is 24.3 Å². The van der Waals surface area contributed by atoms with Crippen LogP contribution in [0, 0.1) is 0 Å². The lowest BCUT2D eigenvalue weighted by atomic mass is 10.0. The second-order valence-corrected chi connectivity index (χ2v) is 4.26. The average Bonchev–Trinajstić information content (AvgIpc) is 2.41. The number of methoxy groups -OCH3 is 1. The van der Waals surface area contributed by atoms with E-state index >= 15 is 0 Å². The largest absolute Gasteiger partial charge is 0.497 e. The Balaban J connectivity index is 2.15. The van der Waals surface area contributed by atoms with Gasteiger partial charge in [-0.3, -0.25) is 4.90 Å². The van der Waals surface area contributed by atoms with Gasteiger partial charge in [-0.25, -0.2) is 0 Å². The summed E-state index contributed by atoms with van der Waals surface area (Å²) in [6.07, 6.45) is 0. The number of nitrogens with zero attached hydrogens (tertiary/aromatic N) is 1. The molecule has 1 heterocycles. The molecular weight excluding hydrogens is 216 g/mol. The topological polar surface area (TPSA) is 44.7 Å². The number of piperazine rings is 1. The van der Waals surface area contributed by atoms with Crippen molar-refractivity contribution >= 4 is 0 Å². The lowest BCUT2D eigenvalue weighted by molar-refractivity contribution is 0.110. The lowest BCUT2D eigenvalue weighted by Gasteiger charge is -2.34. The van der Waals surface area contributed by atoms with Crippen molar-refractivity contribution in [3.63, 3.8) is 0 Å². The minimum Gasteiger partial charge on any atom is -0.497 e. The third-order valence-electron chi connectivity index (χ3n) is 3.24. The number of hydrogen-bond acceptors (Lipinski definition) is 4. The van der Waals surface area contributed by atoms with Gasteiger partial charge in [-0.15, -0.1) is 0 Å². The van der Waals surface area contributed by atoms with Gasteiger partial charge in [-0.2, -0.15) is 0 Å². The summed E-state index contributed by atoms with van der Waals surface area (Å²) >= 11 is 0. The smallest absolute Gasteiger partial charge is 0.119 e. The molecule has 0 saturated carbocycles. The molecule has 0 amide bonds. The van der Waals surface area contributed by atoms with Crippen LogP contribution < -0.4 is 10.1 Å². The van der Waals surface area contributed by atoms with Crippen molar-refractivity contribution in [3.8, 4) is 5.75 Å². The molecule has 94 valence electrons. The van der Waals surface area contributed by atoms with Gasteiger partial charge < -0.3 is 15.2 Å². The fourth-order valence-electron chi connectivity index (χ4n) is 2.27. The Morgan fingerprint density at radius 3 is 2.82 bits per heavy atom. The third kappa shape index (κ3) is 2.97. The molecule has 0 spiro atoms. The van der Waals surface area contributed by atoms with E-state index in [0.717, 1.165) is 37.5 Å². The minimum atomic E-state index is 0.0761. The maximum absolute atomic E-state index is 9.59. The van der Waals surface area contributed by atoms with Crippen LogP contribution in [-0.2, 0) is 0 Å². The van der Waals surface area contributed by atoms with Crippen molar-refractivity contribution < 1.29 is 9.84 Å². The molecule has 1 fully saturated rings. The highest BCUT2D eigenvalue weighted by molar-refractivity contribution is 5.30. The quantitative estimate of drug-likeness (QED) is 0.805. The maximum atomic E-state index is 9.59. The lowest BCUT2D eigenvalue weighted by Crippen LogP contribution is -2.46. The zero-order valence-electron chi connectivity index (χ0n) is 10.2. The Bertz CT molecular complexity index is 351. The highest BCUT2D eigenvalue weighted by atomic mass is 16.5. The Kier molecular flexibility index (Phi) is 4.36. The number of ether oxygens (including phenoxy) is 1. The second-order valence-electron chi connectivity index (χ2n) is 4.26. The Morgan fingerprint density at radius 1 is 1.41 bits per heavy atom. The summed E-state index contributed by atoms with van der Waals surface area (Å²) in [6.45, 7) is 4.07. The van der Waals surface area contributed by atoms with E-state index in [-0.39, 0.29) is 12.6 Å². The number of aliphatic hydroxyl groups is 1. The van der Waals surface area contributed by atoms with Crippen LogP contribution >= 0.6 is 0 Å². The van der Waals surface area contributed by atoms with Crippen LogP contribution in [0.2, 0.25) is 0 Å². The van der Waals surface area contributed by atoms with Gasteiger partial charge in [0.1, 0.15) is 5.75 Å². The molecule has 0 aromatic heterocycles. The molecule has 17 heavy (non-hydrogen) atoms. The van der Waals surface area contributed by atoms with Crippen LogP contribution in [0.1, 0.15) is 11.6 Å². The first kappa shape index (κ1) is 12.4. The minimum absolute atomic E-state index is 0.0761. The first-order valence-corrected chi connectivity index (χ1v) is 6.04. The summed E-state index contributed by atoms with van der Waals surface area (Å²) in [5, 5.41) is 12.9. The summed E-state index contributed by atoms with van der Waals surface area (Å²) < 4.78 is 5.22. The first-order chi connectivity index (χ1) is 8.35. The molecule has 0 radical (unpaired) electrons. The van der Waals surface area contributed by atoms with Crippen molar-refractivity contribution in [1.29, 1.82) is 0 Å². The monoisotopic (exact) mass is 236 g/mol. The molecule has 1 aliphatic heterocycles. The molecule has 2 rings (SSSR count). The first-order valence-electron chi connectivity index (χ1n) is 6.04. The Labute approximate surface area is 102 Å². The number of rotatable bonds is 4. The van der Waals surface area contributed by atoms with Crippen LogP contribution in [0.25, 0.3) is 0 Å². The summed E-state index contributed by atoms with van der Waals surface area (Å²) in [5.74, 6) is 0.844. The summed E-state index contributed by atoms with van der Waals surface area (Å²) in [5.41, 5.74) is 1.12. The second kappa shape index (κ2) is 6.00. The van der Waals surface area contributed by atoms with E-state index in [2.05, 4.69) is 10.2 Å².